The van der Waals surface area contributed by atoms with Crippen LogP contribution in [0.5, 0.6) is 0 Å². The molecule has 0 radical (unpaired) electrons. The maximum atomic E-state index is 12.0. The first-order valence-electron chi connectivity index (χ1n) is 12.3. The van der Waals surface area contributed by atoms with Crippen molar-refractivity contribution in [3.05, 3.63) is 72.9 Å². The normalized spacial score (nSPS) is 12.3. The summed E-state index contributed by atoms with van der Waals surface area (Å²) < 4.78 is 14.9. The first-order chi connectivity index (χ1) is 17.0. The van der Waals surface area contributed by atoms with Crippen molar-refractivity contribution >= 4 is 17.9 Å². The van der Waals surface area contributed by atoms with E-state index in [0.29, 0.717) is 6.42 Å². The number of ether oxygens (including phenoxy) is 3. The summed E-state index contributed by atoms with van der Waals surface area (Å²) in [7, 11) is 0. The Morgan fingerprint density at radius 2 is 0.971 bits per heavy atom. The van der Waals surface area contributed by atoms with Gasteiger partial charge in [0.25, 0.3) is 0 Å². The molecule has 0 amide bonds. The van der Waals surface area contributed by atoms with Crippen molar-refractivity contribution in [2.45, 2.75) is 78.2 Å². The predicted molar refractivity (Wildman–Crippen MR) is 141 cm³/mol. The molecule has 0 atom stereocenters. The highest BCUT2D eigenvalue weighted by Crippen LogP contribution is 2.03. The third-order valence-electron chi connectivity index (χ3n) is 4.35. The fourth-order valence-corrected chi connectivity index (χ4v) is 2.62. The number of hydrogen-bond donors (Lipinski definition) is 0. The molecular formula is C29H42O6. The Morgan fingerprint density at radius 3 is 1.34 bits per heavy atom. The van der Waals surface area contributed by atoms with E-state index in [2.05, 4.69) is 67.7 Å². The van der Waals surface area contributed by atoms with Crippen LogP contribution in [0.25, 0.3) is 0 Å². The molecule has 0 saturated carbocycles. The zero-order valence-corrected chi connectivity index (χ0v) is 21.5. The second kappa shape index (κ2) is 24.0. The van der Waals surface area contributed by atoms with E-state index in [4.69, 9.17) is 14.2 Å². The second-order valence-corrected chi connectivity index (χ2v) is 7.67. The van der Waals surface area contributed by atoms with Crippen LogP contribution in [0.15, 0.2) is 72.9 Å². The Kier molecular flexibility index (Phi) is 21.8. The van der Waals surface area contributed by atoms with E-state index < -0.39 is 24.0 Å². The summed E-state index contributed by atoms with van der Waals surface area (Å²) in [4.78, 5) is 33.8. The van der Waals surface area contributed by atoms with Crippen molar-refractivity contribution in [2.24, 2.45) is 0 Å². The molecule has 0 saturated heterocycles. The summed E-state index contributed by atoms with van der Waals surface area (Å²) in [6.07, 6.45) is 31.2. The summed E-state index contributed by atoms with van der Waals surface area (Å²) >= 11 is 0. The van der Waals surface area contributed by atoms with Gasteiger partial charge >= 0.3 is 17.9 Å². The Labute approximate surface area is 211 Å². The molecule has 0 rings (SSSR count). The largest absolute Gasteiger partial charge is 0.462 e. The molecule has 0 aromatic rings. The van der Waals surface area contributed by atoms with Gasteiger partial charge < -0.3 is 14.2 Å². The number of hydrogen-bond acceptors (Lipinski definition) is 6. The maximum absolute atomic E-state index is 12.0. The topological polar surface area (TPSA) is 78.9 Å². The van der Waals surface area contributed by atoms with E-state index in [1.807, 2.05) is 12.2 Å². The average molecular weight is 487 g/mol. The quantitative estimate of drug-likeness (QED) is 0.118. The molecular weight excluding hydrogens is 444 g/mol. The Balaban J connectivity index is 3.91. The first-order valence-corrected chi connectivity index (χ1v) is 12.3. The fourth-order valence-electron chi connectivity index (χ4n) is 2.62. The smallest absolute Gasteiger partial charge is 0.306 e. The van der Waals surface area contributed by atoms with Gasteiger partial charge in [-0.25, -0.2) is 0 Å². The Bertz CT molecular complexity index is 737. The van der Waals surface area contributed by atoms with Gasteiger partial charge in [0.1, 0.15) is 13.2 Å². The van der Waals surface area contributed by atoms with Gasteiger partial charge in [0.2, 0.25) is 0 Å². The van der Waals surface area contributed by atoms with Crippen molar-refractivity contribution in [1.29, 1.82) is 0 Å². The van der Waals surface area contributed by atoms with Crippen LogP contribution in [0.1, 0.15) is 72.1 Å². The van der Waals surface area contributed by atoms with Crippen LogP contribution in [0.4, 0.5) is 0 Å². The second-order valence-electron chi connectivity index (χ2n) is 7.67. The molecule has 0 N–H and O–H groups in total. The molecule has 35 heavy (non-hydrogen) atoms. The highest BCUT2D eigenvalue weighted by molar-refractivity contribution is 5.70. The third-order valence-corrected chi connectivity index (χ3v) is 4.35. The van der Waals surface area contributed by atoms with E-state index in [1.165, 1.54) is 13.8 Å². The molecule has 6 heteroatoms. The standard InChI is InChI=1S/C29H42O6/c1-4-5-6-7-8-9-10-11-12-13-14-15-16-17-18-19-20-21-22-23-29(32)35-28(24-33-26(2)30)25-34-27(3)31/h5-6,8-9,11-12,14-15,17-18,20-21,28H,4,7,10,13,16,19,22-25H2,1-3H3/b6-5-,9-8-,12-11-,15-14-,18-17-,21-20-. The Hall–Kier alpha value is -3.15. The summed E-state index contributed by atoms with van der Waals surface area (Å²) in [5, 5.41) is 0. The number of esters is 3. The number of carbonyl (C=O) groups excluding carboxylic acids is 3. The van der Waals surface area contributed by atoms with E-state index in [0.717, 1.165) is 38.5 Å². The summed E-state index contributed by atoms with van der Waals surface area (Å²) in [5.74, 6) is -1.42. The van der Waals surface area contributed by atoms with Crippen molar-refractivity contribution in [3.8, 4) is 0 Å². The van der Waals surface area contributed by atoms with E-state index in [9.17, 15) is 14.4 Å². The van der Waals surface area contributed by atoms with Gasteiger partial charge in [-0.15, -0.1) is 0 Å². The molecule has 0 unspecified atom stereocenters. The van der Waals surface area contributed by atoms with Crippen molar-refractivity contribution in [3.63, 3.8) is 0 Å². The van der Waals surface area contributed by atoms with Gasteiger partial charge in [-0.05, 0) is 44.9 Å². The van der Waals surface area contributed by atoms with Gasteiger partial charge in [0.05, 0.1) is 0 Å². The monoisotopic (exact) mass is 486 g/mol. The Morgan fingerprint density at radius 1 is 0.600 bits per heavy atom. The lowest BCUT2D eigenvalue weighted by Crippen LogP contribution is -2.30. The zero-order valence-electron chi connectivity index (χ0n) is 21.5. The molecule has 6 nitrogen and oxygen atoms in total. The highest BCUT2D eigenvalue weighted by atomic mass is 16.6. The van der Waals surface area contributed by atoms with Crippen LogP contribution in [-0.4, -0.2) is 37.2 Å². The van der Waals surface area contributed by atoms with Crippen molar-refractivity contribution in [1.82, 2.24) is 0 Å². The lowest BCUT2D eigenvalue weighted by Gasteiger charge is -2.17. The van der Waals surface area contributed by atoms with Crippen LogP contribution < -0.4 is 0 Å². The van der Waals surface area contributed by atoms with Crippen LogP contribution >= 0.6 is 0 Å². The lowest BCUT2D eigenvalue weighted by molar-refractivity contribution is -0.165. The molecule has 0 spiro atoms. The minimum absolute atomic E-state index is 0.145. The molecule has 0 aromatic carbocycles. The molecule has 0 bridgehead atoms. The zero-order chi connectivity index (χ0) is 26.0. The van der Waals surface area contributed by atoms with Crippen molar-refractivity contribution in [2.75, 3.05) is 13.2 Å². The molecule has 0 aliphatic rings. The minimum Gasteiger partial charge on any atom is -0.462 e. The molecule has 0 fully saturated rings. The number of rotatable bonds is 19. The minimum atomic E-state index is -0.805. The highest BCUT2D eigenvalue weighted by Gasteiger charge is 2.17. The molecule has 0 aliphatic heterocycles. The van der Waals surface area contributed by atoms with E-state index in [-0.39, 0.29) is 19.6 Å². The van der Waals surface area contributed by atoms with Crippen LogP contribution in [0, 0.1) is 0 Å². The maximum Gasteiger partial charge on any atom is 0.306 e. The summed E-state index contributed by atoms with van der Waals surface area (Å²) in [5.41, 5.74) is 0. The summed E-state index contributed by atoms with van der Waals surface area (Å²) in [6.45, 7) is 4.36. The molecule has 194 valence electrons. The predicted octanol–water partition coefficient (Wildman–Crippen LogP) is 6.50. The van der Waals surface area contributed by atoms with Gasteiger partial charge in [-0.1, -0.05) is 79.8 Å². The SMILES string of the molecule is CC/C=C\C/C=C\C/C=C\C/C=C\C/C=C\C/C=C\CCC(=O)OC(COC(C)=O)COC(C)=O. The van der Waals surface area contributed by atoms with E-state index in [1.54, 1.807) is 0 Å². The first kappa shape index (κ1) is 31.9. The van der Waals surface area contributed by atoms with Gasteiger partial charge in [0, 0.05) is 20.3 Å². The van der Waals surface area contributed by atoms with Crippen LogP contribution in [-0.2, 0) is 28.6 Å². The average Bonchev–Trinajstić information content (AvgIpc) is 2.82. The number of allylic oxidation sites excluding steroid dienone is 12. The molecule has 0 aromatic heterocycles. The van der Waals surface area contributed by atoms with Crippen LogP contribution in [0.2, 0.25) is 0 Å². The van der Waals surface area contributed by atoms with Crippen molar-refractivity contribution < 1.29 is 28.6 Å². The van der Waals surface area contributed by atoms with Crippen LogP contribution in [0.3, 0.4) is 0 Å². The number of carbonyl (C=O) groups is 3. The fraction of sp³-hybridized carbons (Fsp3) is 0.483. The lowest BCUT2D eigenvalue weighted by atomic mass is 10.2. The van der Waals surface area contributed by atoms with Gasteiger partial charge in [0.15, 0.2) is 6.10 Å². The molecule has 0 heterocycles. The van der Waals surface area contributed by atoms with Gasteiger partial charge in [-0.2, -0.15) is 0 Å². The van der Waals surface area contributed by atoms with Gasteiger partial charge in [-0.3, -0.25) is 14.4 Å². The molecule has 0 aliphatic carbocycles. The van der Waals surface area contributed by atoms with E-state index >= 15 is 0 Å². The summed E-state index contributed by atoms with van der Waals surface area (Å²) in [6, 6.07) is 0. The third kappa shape index (κ3) is 25.3.